The van der Waals surface area contributed by atoms with Crippen LogP contribution in [0.2, 0.25) is 0 Å². The third kappa shape index (κ3) is 3.80. The standard InChI is InChI=1S/C21H27N7O2/c1-23-21(30)28-7-5-17(13-18(28)22)27-6-3-4-15-12-16(14-24-19(15)27)20(29)26-10-8-25(2)9-11-26/h5,7,12-14,22H,3-4,6,8-11H2,1-2H3,(H,23,30). The molecule has 0 spiro atoms. The van der Waals surface area contributed by atoms with Crippen molar-refractivity contribution >= 4 is 23.4 Å². The number of anilines is 2. The maximum Gasteiger partial charge on any atom is 0.326 e. The molecule has 9 nitrogen and oxygen atoms in total. The zero-order chi connectivity index (χ0) is 21.3. The normalized spacial score (nSPS) is 16.9. The average Bonchev–Trinajstić information content (AvgIpc) is 2.77. The number of hydrogen-bond acceptors (Lipinski definition) is 6. The van der Waals surface area contributed by atoms with Gasteiger partial charge < -0.3 is 20.0 Å². The smallest absolute Gasteiger partial charge is 0.326 e. The number of amides is 2. The van der Waals surface area contributed by atoms with Crippen LogP contribution in [0.15, 0.2) is 30.6 Å². The Kier molecular flexibility index (Phi) is 5.54. The number of hydrogen-bond donors (Lipinski definition) is 2. The summed E-state index contributed by atoms with van der Waals surface area (Å²) in [4.78, 5) is 35.5. The molecule has 2 aromatic rings. The van der Waals surface area contributed by atoms with Crippen LogP contribution in [0.1, 0.15) is 22.3 Å². The molecule has 1 saturated heterocycles. The molecule has 2 aliphatic rings. The molecule has 4 heterocycles. The van der Waals surface area contributed by atoms with Crippen molar-refractivity contribution in [2.45, 2.75) is 12.8 Å². The molecule has 0 aliphatic carbocycles. The SMILES string of the molecule is CNC(=O)n1ccc(N2CCCc3cc(C(=O)N4CCN(C)CC4)cnc32)cc1=N. The molecule has 30 heavy (non-hydrogen) atoms. The van der Waals surface area contributed by atoms with E-state index in [2.05, 4.69) is 27.1 Å². The fraction of sp³-hybridized carbons (Fsp3) is 0.429. The Bertz CT molecular complexity index is 1020. The molecule has 9 heteroatoms. The summed E-state index contributed by atoms with van der Waals surface area (Å²) in [6, 6.07) is 5.09. The Balaban J connectivity index is 1.59. The number of piperazine rings is 1. The number of likely N-dealkylation sites (N-methyl/N-ethyl adjacent to an activating group) is 1. The zero-order valence-corrected chi connectivity index (χ0v) is 17.4. The number of fused-ring (bicyclic) bond motifs is 1. The monoisotopic (exact) mass is 409 g/mol. The predicted molar refractivity (Wildman–Crippen MR) is 113 cm³/mol. The van der Waals surface area contributed by atoms with Crippen molar-refractivity contribution in [3.63, 3.8) is 0 Å². The third-order valence-corrected chi connectivity index (χ3v) is 5.75. The number of pyridine rings is 2. The van der Waals surface area contributed by atoms with Gasteiger partial charge in [0.2, 0.25) is 0 Å². The fourth-order valence-electron chi connectivity index (χ4n) is 3.98. The number of nitrogens with zero attached hydrogens (tertiary/aromatic N) is 5. The van der Waals surface area contributed by atoms with Crippen LogP contribution in [0.25, 0.3) is 0 Å². The van der Waals surface area contributed by atoms with E-state index in [0.29, 0.717) is 5.56 Å². The lowest BCUT2D eigenvalue weighted by Crippen LogP contribution is -2.47. The molecule has 0 aromatic carbocycles. The molecule has 0 bridgehead atoms. The first-order valence-corrected chi connectivity index (χ1v) is 10.2. The van der Waals surface area contributed by atoms with E-state index in [1.807, 2.05) is 17.0 Å². The van der Waals surface area contributed by atoms with Crippen molar-refractivity contribution in [1.29, 1.82) is 5.41 Å². The molecule has 1 fully saturated rings. The first-order valence-electron chi connectivity index (χ1n) is 10.2. The van der Waals surface area contributed by atoms with E-state index in [1.54, 1.807) is 18.5 Å². The van der Waals surface area contributed by atoms with Crippen LogP contribution in [0, 0.1) is 5.41 Å². The van der Waals surface area contributed by atoms with Gasteiger partial charge in [0, 0.05) is 63.9 Å². The molecule has 2 aliphatic heterocycles. The van der Waals surface area contributed by atoms with Gasteiger partial charge in [0.25, 0.3) is 5.91 Å². The Labute approximate surface area is 175 Å². The summed E-state index contributed by atoms with van der Waals surface area (Å²) >= 11 is 0. The first-order chi connectivity index (χ1) is 14.5. The topological polar surface area (TPSA) is 97.6 Å². The number of aryl methyl sites for hydroxylation is 1. The first kappa shape index (κ1) is 20.1. The number of carbonyl (C=O) groups is 2. The van der Waals surface area contributed by atoms with Crippen molar-refractivity contribution in [3.8, 4) is 0 Å². The maximum absolute atomic E-state index is 12.9. The van der Waals surface area contributed by atoms with Gasteiger partial charge in [-0.1, -0.05) is 0 Å². The van der Waals surface area contributed by atoms with Crippen molar-refractivity contribution < 1.29 is 9.59 Å². The van der Waals surface area contributed by atoms with Gasteiger partial charge in [-0.05, 0) is 37.6 Å². The molecular weight excluding hydrogens is 382 g/mol. The third-order valence-electron chi connectivity index (χ3n) is 5.75. The van der Waals surface area contributed by atoms with E-state index in [1.165, 1.54) is 11.6 Å². The van der Waals surface area contributed by atoms with E-state index in [0.717, 1.165) is 62.6 Å². The Morgan fingerprint density at radius 2 is 1.90 bits per heavy atom. The maximum atomic E-state index is 12.9. The van der Waals surface area contributed by atoms with E-state index in [-0.39, 0.29) is 17.4 Å². The second-order valence-electron chi connectivity index (χ2n) is 7.75. The molecular formula is C21H27N7O2. The number of nitrogens with one attached hydrogen (secondary N) is 2. The average molecular weight is 409 g/mol. The highest BCUT2D eigenvalue weighted by Gasteiger charge is 2.25. The van der Waals surface area contributed by atoms with Crippen LogP contribution in [0.3, 0.4) is 0 Å². The Hall–Kier alpha value is -3.20. The second kappa shape index (κ2) is 8.27. The molecule has 2 amide bonds. The van der Waals surface area contributed by atoms with Crippen LogP contribution in [0.4, 0.5) is 16.3 Å². The quantitative estimate of drug-likeness (QED) is 0.772. The highest BCUT2D eigenvalue weighted by Crippen LogP contribution is 2.31. The van der Waals surface area contributed by atoms with Crippen LogP contribution < -0.4 is 15.7 Å². The van der Waals surface area contributed by atoms with Crippen molar-refractivity contribution in [2.75, 3.05) is 51.7 Å². The van der Waals surface area contributed by atoms with Gasteiger partial charge in [-0.3, -0.25) is 14.8 Å². The Morgan fingerprint density at radius 1 is 1.13 bits per heavy atom. The molecule has 2 aromatic heterocycles. The summed E-state index contributed by atoms with van der Waals surface area (Å²) in [5, 5.41) is 10.7. The molecule has 0 radical (unpaired) electrons. The summed E-state index contributed by atoms with van der Waals surface area (Å²) in [6.45, 7) is 4.02. The molecule has 0 unspecified atom stereocenters. The second-order valence-corrected chi connectivity index (χ2v) is 7.75. The van der Waals surface area contributed by atoms with Gasteiger partial charge in [0.1, 0.15) is 11.3 Å². The molecule has 2 N–H and O–H groups in total. The van der Waals surface area contributed by atoms with Gasteiger partial charge in [-0.15, -0.1) is 0 Å². The molecule has 4 rings (SSSR count). The fourth-order valence-corrected chi connectivity index (χ4v) is 3.98. The summed E-state index contributed by atoms with van der Waals surface area (Å²) < 4.78 is 1.25. The van der Waals surface area contributed by atoms with Gasteiger partial charge in [0.05, 0.1) is 5.56 Å². The Morgan fingerprint density at radius 3 is 2.60 bits per heavy atom. The van der Waals surface area contributed by atoms with Crippen LogP contribution in [-0.4, -0.2) is 78.1 Å². The summed E-state index contributed by atoms with van der Waals surface area (Å²) in [5.41, 5.74) is 2.58. The molecule has 158 valence electrons. The van der Waals surface area contributed by atoms with E-state index < -0.39 is 0 Å². The highest BCUT2D eigenvalue weighted by molar-refractivity contribution is 5.94. The minimum atomic E-state index is -0.351. The number of rotatable bonds is 2. The van der Waals surface area contributed by atoms with Crippen molar-refractivity contribution in [3.05, 3.63) is 47.2 Å². The number of aromatic nitrogens is 2. The molecule has 0 saturated carbocycles. The largest absolute Gasteiger partial charge is 0.340 e. The van der Waals surface area contributed by atoms with E-state index in [4.69, 9.17) is 5.41 Å². The highest BCUT2D eigenvalue weighted by atomic mass is 16.2. The zero-order valence-electron chi connectivity index (χ0n) is 17.4. The lowest BCUT2D eigenvalue weighted by Gasteiger charge is -2.33. The van der Waals surface area contributed by atoms with Crippen LogP contribution in [-0.2, 0) is 6.42 Å². The lowest BCUT2D eigenvalue weighted by atomic mass is 10.0. The predicted octanol–water partition coefficient (Wildman–Crippen LogP) is 1.02. The summed E-state index contributed by atoms with van der Waals surface area (Å²) in [6.07, 6.45) is 5.04. The molecule has 0 atom stereocenters. The summed E-state index contributed by atoms with van der Waals surface area (Å²) in [5.74, 6) is 0.851. The minimum absolute atomic E-state index is 0.0373. The number of carbonyl (C=O) groups excluding carboxylic acids is 2. The summed E-state index contributed by atoms with van der Waals surface area (Å²) in [7, 11) is 3.60. The lowest BCUT2D eigenvalue weighted by molar-refractivity contribution is 0.0663. The van der Waals surface area contributed by atoms with Crippen LogP contribution >= 0.6 is 0 Å². The van der Waals surface area contributed by atoms with E-state index >= 15 is 0 Å². The van der Waals surface area contributed by atoms with Crippen molar-refractivity contribution in [2.24, 2.45) is 0 Å². The minimum Gasteiger partial charge on any atom is -0.340 e. The van der Waals surface area contributed by atoms with Crippen molar-refractivity contribution in [1.82, 2.24) is 24.7 Å². The van der Waals surface area contributed by atoms with E-state index in [9.17, 15) is 9.59 Å². The van der Waals surface area contributed by atoms with Gasteiger partial charge in [-0.2, -0.15) is 0 Å². The van der Waals surface area contributed by atoms with Gasteiger partial charge in [-0.25, -0.2) is 9.78 Å². The van der Waals surface area contributed by atoms with Crippen LogP contribution in [0.5, 0.6) is 0 Å². The van der Waals surface area contributed by atoms with Gasteiger partial charge in [0.15, 0.2) is 0 Å². The van der Waals surface area contributed by atoms with Gasteiger partial charge >= 0.3 is 6.03 Å².